The second kappa shape index (κ2) is 5.33. The SMILES string of the molecule is Cc1nc(C)c(C(C)NC2COc3ccccc32)c(=O)[nH]1. The van der Waals surface area contributed by atoms with Crippen LogP contribution in [0.2, 0.25) is 0 Å². The maximum atomic E-state index is 12.2. The minimum Gasteiger partial charge on any atom is -0.491 e. The van der Waals surface area contributed by atoms with Crippen molar-refractivity contribution in [3.05, 3.63) is 57.3 Å². The predicted molar refractivity (Wildman–Crippen MR) is 80.6 cm³/mol. The Bertz CT molecular complexity index is 724. The molecule has 3 rings (SSSR count). The summed E-state index contributed by atoms with van der Waals surface area (Å²) in [7, 11) is 0. The van der Waals surface area contributed by atoms with Crippen LogP contribution >= 0.6 is 0 Å². The van der Waals surface area contributed by atoms with Crippen molar-refractivity contribution in [3.8, 4) is 5.75 Å². The van der Waals surface area contributed by atoms with Crippen molar-refractivity contribution in [3.63, 3.8) is 0 Å². The number of fused-ring (bicyclic) bond motifs is 1. The Kier molecular flexibility index (Phi) is 3.51. The van der Waals surface area contributed by atoms with Gasteiger partial charge in [-0.05, 0) is 26.8 Å². The highest BCUT2D eigenvalue weighted by Crippen LogP contribution is 2.33. The fourth-order valence-electron chi connectivity index (χ4n) is 2.93. The van der Waals surface area contributed by atoms with Crippen molar-refractivity contribution >= 4 is 0 Å². The minimum absolute atomic E-state index is 0.0767. The first kappa shape index (κ1) is 13.8. The van der Waals surface area contributed by atoms with Gasteiger partial charge in [-0.3, -0.25) is 4.79 Å². The summed E-state index contributed by atoms with van der Waals surface area (Å²) >= 11 is 0. The summed E-state index contributed by atoms with van der Waals surface area (Å²) in [4.78, 5) is 19.3. The van der Waals surface area contributed by atoms with Gasteiger partial charge in [0, 0.05) is 17.3 Å². The van der Waals surface area contributed by atoms with Gasteiger partial charge in [-0.25, -0.2) is 4.98 Å². The van der Waals surface area contributed by atoms with Gasteiger partial charge in [0.1, 0.15) is 18.2 Å². The number of H-pyrrole nitrogens is 1. The molecule has 0 saturated carbocycles. The Labute approximate surface area is 123 Å². The maximum absolute atomic E-state index is 12.2. The van der Waals surface area contributed by atoms with Crippen LogP contribution < -0.4 is 15.6 Å². The molecule has 0 bridgehead atoms. The van der Waals surface area contributed by atoms with E-state index in [2.05, 4.69) is 21.4 Å². The summed E-state index contributed by atoms with van der Waals surface area (Å²) in [5, 5.41) is 3.47. The van der Waals surface area contributed by atoms with Crippen LogP contribution in [0.4, 0.5) is 0 Å². The minimum atomic E-state index is -0.0957. The molecule has 5 nitrogen and oxygen atoms in total. The molecule has 2 N–H and O–H groups in total. The highest BCUT2D eigenvalue weighted by atomic mass is 16.5. The molecule has 110 valence electrons. The van der Waals surface area contributed by atoms with E-state index in [1.54, 1.807) is 6.92 Å². The average Bonchev–Trinajstić information content (AvgIpc) is 2.81. The van der Waals surface area contributed by atoms with Crippen LogP contribution in [0.3, 0.4) is 0 Å². The van der Waals surface area contributed by atoms with Gasteiger partial charge in [0.25, 0.3) is 5.56 Å². The topological polar surface area (TPSA) is 67.0 Å². The van der Waals surface area contributed by atoms with Crippen molar-refractivity contribution in [1.29, 1.82) is 0 Å². The third-order valence-electron chi connectivity index (χ3n) is 3.85. The fourth-order valence-corrected chi connectivity index (χ4v) is 2.93. The van der Waals surface area contributed by atoms with E-state index in [1.807, 2.05) is 32.0 Å². The number of aromatic amines is 1. The molecule has 0 fully saturated rings. The molecule has 1 aromatic carbocycles. The largest absolute Gasteiger partial charge is 0.491 e. The zero-order valence-electron chi connectivity index (χ0n) is 12.4. The first-order valence-electron chi connectivity index (χ1n) is 7.11. The number of aryl methyl sites for hydroxylation is 2. The maximum Gasteiger partial charge on any atom is 0.255 e. The number of nitrogens with one attached hydrogen (secondary N) is 2. The van der Waals surface area contributed by atoms with Crippen LogP contribution in [0.5, 0.6) is 5.75 Å². The number of nitrogens with zero attached hydrogens (tertiary/aromatic N) is 1. The van der Waals surface area contributed by atoms with Crippen molar-refractivity contribution in [1.82, 2.24) is 15.3 Å². The summed E-state index contributed by atoms with van der Waals surface area (Å²) in [6.07, 6.45) is 0. The van der Waals surface area contributed by atoms with E-state index in [4.69, 9.17) is 4.74 Å². The van der Waals surface area contributed by atoms with Gasteiger partial charge in [0.2, 0.25) is 0 Å². The number of para-hydroxylation sites is 1. The normalized spacial score (nSPS) is 18.1. The summed E-state index contributed by atoms with van der Waals surface area (Å²) < 4.78 is 5.66. The Hall–Kier alpha value is -2.14. The summed E-state index contributed by atoms with van der Waals surface area (Å²) in [5.41, 5.74) is 2.51. The van der Waals surface area contributed by atoms with Gasteiger partial charge >= 0.3 is 0 Å². The van der Waals surface area contributed by atoms with Crippen molar-refractivity contribution in [2.24, 2.45) is 0 Å². The van der Waals surface area contributed by atoms with E-state index < -0.39 is 0 Å². The number of hydrogen-bond acceptors (Lipinski definition) is 4. The van der Waals surface area contributed by atoms with Gasteiger partial charge < -0.3 is 15.0 Å². The van der Waals surface area contributed by atoms with Gasteiger partial charge in [-0.1, -0.05) is 18.2 Å². The van der Waals surface area contributed by atoms with E-state index in [1.165, 1.54) is 0 Å². The molecule has 2 aromatic rings. The predicted octanol–water partition coefficient (Wildman–Crippen LogP) is 2.17. The number of ether oxygens (including phenoxy) is 1. The van der Waals surface area contributed by atoms with Crippen molar-refractivity contribution in [2.75, 3.05) is 6.61 Å². The van der Waals surface area contributed by atoms with Crippen LogP contribution in [0, 0.1) is 13.8 Å². The van der Waals surface area contributed by atoms with Crippen molar-refractivity contribution < 1.29 is 4.74 Å². The zero-order chi connectivity index (χ0) is 15.0. The molecule has 0 radical (unpaired) electrons. The molecule has 21 heavy (non-hydrogen) atoms. The zero-order valence-corrected chi connectivity index (χ0v) is 12.4. The molecule has 0 amide bonds. The lowest BCUT2D eigenvalue weighted by atomic mass is 10.0. The van der Waals surface area contributed by atoms with Crippen LogP contribution in [-0.4, -0.2) is 16.6 Å². The van der Waals surface area contributed by atoms with E-state index in [0.717, 1.165) is 17.0 Å². The lowest BCUT2D eigenvalue weighted by molar-refractivity contribution is 0.300. The highest BCUT2D eigenvalue weighted by Gasteiger charge is 2.26. The molecule has 1 aliphatic heterocycles. The van der Waals surface area contributed by atoms with Gasteiger partial charge in [0.15, 0.2) is 0 Å². The van der Waals surface area contributed by atoms with Gasteiger partial charge in [-0.15, -0.1) is 0 Å². The number of rotatable bonds is 3. The van der Waals surface area contributed by atoms with Gasteiger partial charge in [0.05, 0.1) is 11.6 Å². The van der Waals surface area contributed by atoms with Gasteiger partial charge in [-0.2, -0.15) is 0 Å². The summed E-state index contributed by atoms with van der Waals surface area (Å²) in [6.45, 7) is 6.22. The number of hydrogen-bond donors (Lipinski definition) is 2. The fraction of sp³-hybridized carbons (Fsp3) is 0.375. The monoisotopic (exact) mass is 285 g/mol. The van der Waals surface area contributed by atoms with E-state index >= 15 is 0 Å². The Balaban J connectivity index is 1.85. The first-order chi connectivity index (χ1) is 10.1. The highest BCUT2D eigenvalue weighted by molar-refractivity contribution is 5.39. The molecule has 5 heteroatoms. The van der Waals surface area contributed by atoms with E-state index in [-0.39, 0.29) is 17.6 Å². The second-order valence-electron chi connectivity index (χ2n) is 5.44. The van der Waals surface area contributed by atoms with Crippen LogP contribution in [-0.2, 0) is 0 Å². The molecule has 1 aromatic heterocycles. The molecule has 0 aliphatic carbocycles. The van der Waals surface area contributed by atoms with Crippen LogP contribution in [0.1, 0.15) is 41.7 Å². The molecule has 0 saturated heterocycles. The Morgan fingerprint density at radius 1 is 1.38 bits per heavy atom. The molecular formula is C16H19N3O2. The van der Waals surface area contributed by atoms with Crippen LogP contribution in [0.25, 0.3) is 0 Å². The van der Waals surface area contributed by atoms with Crippen molar-refractivity contribution in [2.45, 2.75) is 32.9 Å². The summed E-state index contributed by atoms with van der Waals surface area (Å²) in [6, 6.07) is 7.98. The number of aromatic nitrogens is 2. The third-order valence-corrected chi connectivity index (χ3v) is 3.85. The summed E-state index contributed by atoms with van der Waals surface area (Å²) in [5.74, 6) is 1.55. The first-order valence-corrected chi connectivity index (χ1v) is 7.11. The molecule has 2 heterocycles. The smallest absolute Gasteiger partial charge is 0.255 e. The standard InChI is InChI=1S/C16H19N3O2/c1-9-15(16(20)19-11(3)17-9)10(2)18-13-8-21-14-7-5-4-6-12(13)14/h4-7,10,13,18H,8H2,1-3H3,(H,17,19,20). The molecule has 1 aliphatic rings. The molecular weight excluding hydrogens is 266 g/mol. The second-order valence-corrected chi connectivity index (χ2v) is 5.44. The van der Waals surface area contributed by atoms with E-state index in [9.17, 15) is 4.79 Å². The average molecular weight is 285 g/mol. The molecule has 2 unspecified atom stereocenters. The quantitative estimate of drug-likeness (QED) is 0.907. The lowest BCUT2D eigenvalue weighted by Crippen LogP contribution is -2.31. The third kappa shape index (κ3) is 2.56. The molecule has 0 spiro atoms. The number of benzene rings is 1. The Morgan fingerprint density at radius 3 is 2.90 bits per heavy atom. The van der Waals surface area contributed by atoms with E-state index in [0.29, 0.717) is 18.0 Å². The van der Waals surface area contributed by atoms with Crippen LogP contribution in [0.15, 0.2) is 29.1 Å². The lowest BCUT2D eigenvalue weighted by Gasteiger charge is -2.19. The molecule has 2 atom stereocenters. The Morgan fingerprint density at radius 2 is 2.14 bits per heavy atom.